The zero-order chi connectivity index (χ0) is 20.0. The molecule has 150 valence electrons. The molecule has 0 radical (unpaired) electrons. The van der Waals surface area contributed by atoms with Gasteiger partial charge < -0.3 is 9.47 Å². The number of rotatable bonds is 7. The van der Waals surface area contributed by atoms with Gasteiger partial charge in [-0.2, -0.15) is 4.72 Å². The Bertz CT molecular complexity index is 894. The zero-order valence-corrected chi connectivity index (χ0v) is 15.9. The van der Waals surface area contributed by atoms with Crippen LogP contribution < -0.4 is 14.9 Å². The molecule has 3 rings (SSSR count). The van der Waals surface area contributed by atoms with Crippen molar-refractivity contribution < 1.29 is 27.9 Å². The molecule has 1 heterocycles. The summed E-state index contributed by atoms with van der Waals surface area (Å²) in [5.41, 5.74) is 0.973. The smallest absolute Gasteiger partial charge is 0.267 e. The van der Waals surface area contributed by atoms with Gasteiger partial charge in [0.15, 0.2) is 0 Å². The fourth-order valence-electron chi connectivity index (χ4n) is 2.98. The Morgan fingerprint density at radius 1 is 1.14 bits per heavy atom. The molecule has 2 aromatic rings. The van der Waals surface area contributed by atoms with Gasteiger partial charge in [-0.25, -0.2) is 13.9 Å². The van der Waals surface area contributed by atoms with Gasteiger partial charge in [0.25, 0.3) is 5.91 Å². The lowest BCUT2D eigenvalue weighted by Crippen LogP contribution is -2.62. The van der Waals surface area contributed by atoms with Gasteiger partial charge in [-0.05, 0) is 42.7 Å². The highest BCUT2D eigenvalue weighted by atomic mass is 32.2. The summed E-state index contributed by atoms with van der Waals surface area (Å²) in [6, 6.07) is 15.5. The van der Waals surface area contributed by atoms with Crippen LogP contribution in [0.4, 0.5) is 0 Å². The number of hydroxylamine groups is 1. The maximum atomic E-state index is 12.7. The first kappa shape index (κ1) is 20.3. The van der Waals surface area contributed by atoms with E-state index < -0.39 is 21.5 Å². The monoisotopic (exact) mass is 406 g/mol. The van der Waals surface area contributed by atoms with Crippen molar-refractivity contribution in [1.29, 1.82) is 0 Å². The summed E-state index contributed by atoms with van der Waals surface area (Å²) in [7, 11) is -4.01. The molecule has 1 aliphatic rings. The van der Waals surface area contributed by atoms with Crippen molar-refractivity contribution in [2.45, 2.75) is 29.9 Å². The molecule has 0 aromatic heterocycles. The van der Waals surface area contributed by atoms with Gasteiger partial charge >= 0.3 is 0 Å². The first-order valence-electron chi connectivity index (χ1n) is 8.78. The molecule has 3 N–H and O–H groups in total. The predicted molar refractivity (Wildman–Crippen MR) is 100 cm³/mol. The second-order valence-electron chi connectivity index (χ2n) is 6.53. The Balaban J connectivity index is 1.71. The summed E-state index contributed by atoms with van der Waals surface area (Å²) in [6.07, 6.45) is 0.707. The number of ether oxygens (including phenoxy) is 2. The maximum Gasteiger partial charge on any atom is 0.267 e. The third kappa shape index (κ3) is 4.68. The van der Waals surface area contributed by atoms with Gasteiger partial charge in [0.2, 0.25) is 10.0 Å². The number of benzene rings is 2. The van der Waals surface area contributed by atoms with Crippen LogP contribution in [-0.2, 0) is 26.2 Å². The van der Waals surface area contributed by atoms with E-state index in [9.17, 15) is 13.2 Å². The molecule has 2 aromatic carbocycles. The second-order valence-corrected chi connectivity index (χ2v) is 8.21. The zero-order valence-electron chi connectivity index (χ0n) is 15.1. The van der Waals surface area contributed by atoms with E-state index >= 15 is 0 Å². The molecule has 9 heteroatoms. The lowest BCUT2D eigenvalue weighted by molar-refractivity contribution is -0.140. The Hall–Kier alpha value is -2.46. The van der Waals surface area contributed by atoms with Gasteiger partial charge in [0.05, 0.1) is 11.5 Å². The molecule has 0 spiro atoms. The number of sulfonamides is 1. The van der Waals surface area contributed by atoms with Gasteiger partial charge in [-0.1, -0.05) is 30.3 Å². The summed E-state index contributed by atoms with van der Waals surface area (Å²) in [6.45, 7) is 0.634. The Labute approximate surface area is 163 Å². The number of nitrogens with one attached hydrogen (secondary N) is 2. The van der Waals surface area contributed by atoms with Crippen LogP contribution in [-0.4, -0.2) is 38.3 Å². The Morgan fingerprint density at radius 2 is 1.86 bits per heavy atom. The molecule has 1 aliphatic heterocycles. The van der Waals surface area contributed by atoms with E-state index in [1.165, 1.54) is 17.6 Å². The van der Waals surface area contributed by atoms with Crippen LogP contribution in [0.1, 0.15) is 18.4 Å². The molecule has 0 saturated carbocycles. The molecule has 28 heavy (non-hydrogen) atoms. The summed E-state index contributed by atoms with van der Waals surface area (Å²) >= 11 is 0. The average molecular weight is 406 g/mol. The third-order valence-electron chi connectivity index (χ3n) is 4.49. The number of carbonyl (C=O) groups excluding carboxylic acids is 1. The highest BCUT2D eigenvalue weighted by Crippen LogP contribution is 2.24. The second kappa shape index (κ2) is 8.70. The van der Waals surface area contributed by atoms with Gasteiger partial charge in [-0.15, -0.1) is 0 Å². The predicted octanol–water partition coefficient (Wildman–Crippen LogP) is 1.60. The number of hydrogen-bond donors (Lipinski definition) is 3. The minimum Gasteiger partial charge on any atom is -0.489 e. The molecule has 1 fully saturated rings. The van der Waals surface area contributed by atoms with E-state index in [-0.39, 0.29) is 17.9 Å². The van der Waals surface area contributed by atoms with Gasteiger partial charge in [0, 0.05) is 6.61 Å². The van der Waals surface area contributed by atoms with E-state index in [4.69, 9.17) is 14.7 Å². The van der Waals surface area contributed by atoms with Crippen LogP contribution in [0.25, 0.3) is 0 Å². The molecule has 1 unspecified atom stereocenters. The first-order valence-corrected chi connectivity index (χ1v) is 10.3. The SMILES string of the molecule is O=C(NO)C1(NS(=O)(=O)c2ccc(OCc3ccccc3)cc2)CCCOC1. The van der Waals surface area contributed by atoms with Crippen LogP contribution in [0.3, 0.4) is 0 Å². The summed E-state index contributed by atoms with van der Waals surface area (Å²) < 4.78 is 38.8. The minimum atomic E-state index is -4.01. The van der Waals surface area contributed by atoms with Crippen LogP contribution in [0, 0.1) is 0 Å². The summed E-state index contributed by atoms with van der Waals surface area (Å²) in [4.78, 5) is 12.1. The normalized spacial score (nSPS) is 19.8. The van der Waals surface area contributed by atoms with Crippen molar-refractivity contribution in [3.05, 3.63) is 60.2 Å². The van der Waals surface area contributed by atoms with Crippen molar-refractivity contribution >= 4 is 15.9 Å². The molecule has 0 aliphatic carbocycles. The summed E-state index contributed by atoms with van der Waals surface area (Å²) in [5.74, 6) is -0.329. The maximum absolute atomic E-state index is 12.7. The standard InChI is InChI=1S/C19H22N2O6S/c22-18(20-23)19(11-4-12-26-14-19)21-28(24,25)17-9-7-16(8-10-17)27-13-15-5-2-1-3-6-15/h1-3,5-10,21,23H,4,11-14H2,(H,20,22). The highest BCUT2D eigenvalue weighted by molar-refractivity contribution is 7.89. The fraction of sp³-hybridized carbons (Fsp3) is 0.316. The highest BCUT2D eigenvalue weighted by Gasteiger charge is 2.44. The van der Waals surface area contributed by atoms with E-state index in [1.807, 2.05) is 30.3 Å². The molecule has 8 nitrogen and oxygen atoms in total. The first-order chi connectivity index (χ1) is 13.5. The van der Waals surface area contributed by atoms with Crippen LogP contribution in [0.2, 0.25) is 0 Å². The largest absolute Gasteiger partial charge is 0.489 e. The molecule has 0 bridgehead atoms. The van der Waals surface area contributed by atoms with Crippen molar-refractivity contribution in [1.82, 2.24) is 10.2 Å². The Morgan fingerprint density at radius 3 is 2.46 bits per heavy atom. The topological polar surface area (TPSA) is 114 Å². The molecule has 1 atom stereocenters. The molecule has 1 amide bonds. The quantitative estimate of drug-likeness (QED) is 0.475. The van der Waals surface area contributed by atoms with Crippen molar-refractivity contribution in [3.63, 3.8) is 0 Å². The average Bonchev–Trinajstić information content (AvgIpc) is 2.73. The van der Waals surface area contributed by atoms with Crippen LogP contribution in [0.15, 0.2) is 59.5 Å². The van der Waals surface area contributed by atoms with E-state index in [0.717, 1.165) is 5.56 Å². The van der Waals surface area contributed by atoms with E-state index in [2.05, 4.69) is 4.72 Å². The van der Waals surface area contributed by atoms with Crippen molar-refractivity contribution in [2.75, 3.05) is 13.2 Å². The summed E-state index contributed by atoms with van der Waals surface area (Å²) in [5, 5.41) is 9.00. The van der Waals surface area contributed by atoms with Gasteiger partial charge in [0.1, 0.15) is 17.9 Å². The molecular weight excluding hydrogens is 384 g/mol. The third-order valence-corrected chi connectivity index (χ3v) is 6.04. The molecule has 1 saturated heterocycles. The number of carbonyl (C=O) groups is 1. The van der Waals surface area contributed by atoms with Crippen molar-refractivity contribution in [3.8, 4) is 5.75 Å². The van der Waals surface area contributed by atoms with E-state index in [1.54, 1.807) is 12.1 Å². The van der Waals surface area contributed by atoms with Crippen LogP contribution in [0.5, 0.6) is 5.75 Å². The minimum absolute atomic E-state index is 0.0183. The number of hydrogen-bond acceptors (Lipinski definition) is 6. The van der Waals surface area contributed by atoms with Crippen molar-refractivity contribution in [2.24, 2.45) is 0 Å². The lowest BCUT2D eigenvalue weighted by atomic mass is 9.93. The van der Waals surface area contributed by atoms with E-state index in [0.29, 0.717) is 25.4 Å². The van der Waals surface area contributed by atoms with Gasteiger partial charge in [-0.3, -0.25) is 10.0 Å². The fourth-order valence-corrected chi connectivity index (χ4v) is 4.36. The lowest BCUT2D eigenvalue weighted by Gasteiger charge is -2.35. The number of amides is 1. The molecular formula is C19H22N2O6S. The Kier molecular flexibility index (Phi) is 6.30. The van der Waals surface area contributed by atoms with Crippen LogP contribution >= 0.6 is 0 Å².